The van der Waals surface area contributed by atoms with Gasteiger partial charge in [-0.3, -0.25) is 4.79 Å². The van der Waals surface area contributed by atoms with Gasteiger partial charge in [-0.25, -0.2) is 0 Å². The molecule has 3 nitrogen and oxygen atoms in total. The molecule has 0 spiro atoms. The zero-order chi connectivity index (χ0) is 15.3. The van der Waals surface area contributed by atoms with Crippen molar-refractivity contribution in [2.45, 2.75) is 46.6 Å². The second-order valence-corrected chi connectivity index (χ2v) is 7.30. The second kappa shape index (κ2) is 4.62. The van der Waals surface area contributed by atoms with Gasteiger partial charge in [-0.15, -0.1) is 0 Å². The van der Waals surface area contributed by atoms with Crippen LogP contribution in [-0.2, 0) is 11.2 Å². The maximum Gasteiger partial charge on any atom is 0.220 e. The Kier molecular flexibility index (Phi) is 3.12. The third-order valence-electron chi connectivity index (χ3n) is 5.62. The summed E-state index contributed by atoms with van der Waals surface area (Å²) in [7, 11) is 0. The summed E-state index contributed by atoms with van der Waals surface area (Å²) in [6.07, 6.45) is 3.34. The molecule has 1 aliphatic rings. The lowest BCUT2D eigenvalue weighted by molar-refractivity contribution is -0.121. The van der Waals surface area contributed by atoms with Crippen LogP contribution in [0, 0.1) is 10.8 Å². The number of amides is 1. The first-order valence-corrected chi connectivity index (χ1v) is 7.68. The van der Waals surface area contributed by atoms with Crippen LogP contribution in [0.25, 0.3) is 10.9 Å². The number of benzene rings is 1. The number of para-hydroxylation sites is 1. The molecule has 21 heavy (non-hydrogen) atoms. The second-order valence-electron chi connectivity index (χ2n) is 7.30. The Morgan fingerprint density at radius 2 is 1.86 bits per heavy atom. The molecule has 112 valence electrons. The van der Waals surface area contributed by atoms with Crippen molar-refractivity contribution in [3.63, 3.8) is 0 Å². The zero-order valence-electron chi connectivity index (χ0n) is 13.3. The summed E-state index contributed by atoms with van der Waals surface area (Å²) >= 11 is 0. The molecule has 2 aromatic rings. The molecule has 0 aliphatic heterocycles. The number of nitrogens with one attached hydrogen (secondary N) is 2. The number of aromatic nitrogens is 1. The van der Waals surface area contributed by atoms with Crippen LogP contribution in [0.5, 0.6) is 0 Å². The summed E-state index contributed by atoms with van der Waals surface area (Å²) < 4.78 is 0. The number of rotatable bonds is 4. The van der Waals surface area contributed by atoms with E-state index in [-0.39, 0.29) is 16.7 Å². The molecule has 1 fully saturated rings. The maximum atomic E-state index is 12.2. The normalized spacial score (nSPS) is 19.6. The maximum absolute atomic E-state index is 12.2. The minimum absolute atomic E-state index is 0.156. The molecule has 0 bridgehead atoms. The Hall–Kier alpha value is -1.77. The van der Waals surface area contributed by atoms with Crippen molar-refractivity contribution < 1.29 is 4.79 Å². The van der Waals surface area contributed by atoms with E-state index in [9.17, 15) is 4.79 Å². The Labute approximate surface area is 126 Å². The number of hydrogen-bond donors (Lipinski definition) is 2. The molecule has 0 saturated heterocycles. The number of aryl methyl sites for hydroxylation is 1. The summed E-state index contributed by atoms with van der Waals surface area (Å²) in [6, 6.07) is 8.52. The number of hydrogen-bond acceptors (Lipinski definition) is 1. The van der Waals surface area contributed by atoms with Gasteiger partial charge >= 0.3 is 0 Å². The van der Waals surface area contributed by atoms with Gasteiger partial charge in [-0.1, -0.05) is 45.9 Å². The molecule has 1 saturated carbocycles. The van der Waals surface area contributed by atoms with E-state index in [1.165, 1.54) is 10.9 Å². The molecular formula is C18H24N2O. The average Bonchev–Trinajstić information content (AvgIpc) is 2.79. The molecule has 1 heterocycles. The Morgan fingerprint density at radius 3 is 2.52 bits per heavy atom. The molecule has 3 heteroatoms. The monoisotopic (exact) mass is 284 g/mol. The van der Waals surface area contributed by atoms with Crippen molar-refractivity contribution in [3.8, 4) is 0 Å². The van der Waals surface area contributed by atoms with E-state index in [0.717, 1.165) is 11.9 Å². The van der Waals surface area contributed by atoms with Crippen molar-refractivity contribution >= 4 is 16.8 Å². The van der Waals surface area contributed by atoms with Crippen molar-refractivity contribution in [1.82, 2.24) is 10.3 Å². The Bertz CT molecular complexity index is 667. The third kappa shape index (κ3) is 2.25. The van der Waals surface area contributed by atoms with Crippen LogP contribution in [0.1, 0.15) is 39.7 Å². The van der Waals surface area contributed by atoms with Gasteiger partial charge in [0, 0.05) is 29.6 Å². The van der Waals surface area contributed by atoms with Crippen LogP contribution in [0.15, 0.2) is 30.5 Å². The van der Waals surface area contributed by atoms with Crippen LogP contribution in [0.2, 0.25) is 0 Å². The van der Waals surface area contributed by atoms with Crippen LogP contribution < -0.4 is 5.32 Å². The number of carbonyl (C=O) groups is 1. The van der Waals surface area contributed by atoms with Gasteiger partial charge in [0.15, 0.2) is 0 Å². The fraction of sp³-hybridized carbons (Fsp3) is 0.500. The molecular weight excluding hydrogens is 260 g/mol. The molecule has 1 amide bonds. The summed E-state index contributed by atoms with van der Waals surface area (Å²) in [5, 5.41) is 4.42. The largest absolute Gasteiger partial charge is 0.361 e. The lowest BCUT2D eigenvalue weighted by Gasteiger charge is -2.06. The van der Waals surface area contributed by atoms with E-state index in [1.807, 2.05) is 18.3 Å². The molecule has 0 unspecified atom stereocenters. The van der Waals surface area contributed by atoms with Crippen molar-refractivity contribution in [2.75, 3.05) is 0 Å². The fourth-order valence-corrected chi connectivity index (χ4v) is 3.38. The van der Waals surface area contributed by atoms with Crippen LogP contribution in [0.3, 0.4) is 0 Å². The fourth-order valence-electron chi connectivity index (χ4n) is 3.38. The van der Waals surface area contributed by atoms with Crippen LogP contribution in [0.4, 0.5) is 0 Å². The molecule has 3 rings (SSSR count). The molecule has 0 atom stereocenters. The van der Waals surface area contributed by atoms with Crippen molar-refractivity contribution in [1.29, 1.82) is 0 Å². The van der Waals surface area contributed by atoms with Crippen molar-refractivity contribution in [3.05, 3.63) is 36.0 Å². The molecule has 1 aromatic heterocycles. The predicted octanol–water partition coefficient (Wildman–Crippen LogP) is 3.65. The number of H-pyrrole nitrogens is 1. The quantitative estimate of drug-likeness (QED) is 0.884. The van der Waals surface area contributed by atoms with Gasteiger partial charge in [0.1, 0.15) is 0 Å². The summed E-state index contributed by atoms with van der Waals surface area (Å²) in [5.74, 6) is 0.156. The Balaban J connectivity index is 1.60. The number of carbonyl (C=O) groups excluding carboxylic acids is 1. The summed E-state index contributed by atoms with van der Waals surface area (Å²) in [4.78, 5) is 15.4. The van der Waals surface area contributed by atoms with Gasteiger partial charge in [0.2, 0.25) is 5.91 Å². The first-order valence-electron chi connectivity index (χ1n) is 7.68. The lowest BCUT2D eigenvalue weighted by atomic mass is 10.0. The van der Waals surface area contributed by atoms with E-state index >= 15 is 0 Å². The van der Waals surface area contributed by atoms with E-state index in [4.69, 9.17) is 0 Å². The molecule has 0 radical (unpaired) electrons. The average molecular weight is 284 g/mol. The van der Waals surface area contributed by atoms with Crippen molar-refractivity contribution in [2.24, 2.45) is 10.8 Å². The van der Waals surface area contributed by atoms with Gasteiger partial charge in [0.25, 0.3) is 0 Å². The summed E-state index contributed by atoms with van der Waals surface area (Å²) in [6.45, 7) is 8.88. The van der Waals surface area contributed by atoms with Gasteiger partial charge in [-0.2, -0.15) is 0 Å². The predicted molar refractivity (Wildman–Crippen MR) is 86.1 cm³/mol. The third-order valence-corrected chi connectivity index (χ3v) is 5.62. The van der Waals surface area contributed by atoms with Gasteiger partial charge in [0.05, 0.1) is 0 Å². The molecule has 1 aliphatic carbocycles. The molecule has 1 aromatic carbocycles. The highest BCUT2D eigenvalue weighted by Crippen LogP contribution is 2.62. The SMILES string of the molecule is CC1(C)C(NC(=O)CCc2c[nH]c3ccccc23)C1(C)C. The molecule has 2 N–H and O–H groups in total. The van der Waals surface area contributed by atoms with Crippen LogP contribution >= 0.6 is 0 Å². The first kappa shape index (κ1) is 14.2. The van der Waals surface area contributed by atoms with E-state index in [2.05, 4.69) is 50.1 Å². The lowest BCUT2D eigenvalue weighted by Crippen LogP contribution is -2.29. The van der Waals surface area contributed by atoms with Crippen LogP contribution in [-0.4, -0.2) is 16.9 Å². The highest BCUT2D eigenvalue weighted by Gasteiger charge is 2.65. The summed E-state index contributed by atoms with van der Waals surface area (Å²) in [5.41, 5.74) is 2.75. The Morgan fingerprint density at radius 1 is 1.19 bits per heavy atom. The minimum Gasteiger partial charge on any atom is -0.361 e. The first-order chi connectivity index (χ1) is 9.84. The zero-order valence-corrected chi connectivity index (χ0v) is 13.3. The number of fused-ring (bicyclic) bond motifs is 1. The van der Waals surface area contributed by atoms with E-state index < -0.39 is 0 Å². The topological polar surface area (TPSA) is 44.9 Å². The smallest absolute Gasteiger partial charge is 0.220 e. The highest BCUT2D eigenvalue weighted by atomic mass is 16.1. The number of aromatic amines is 1. The van der Waals surface area contributed by atoms with E-state index in [1.54, 1.807) is 0 Å². The van der Waals surface area contributed by atoms with Gasteiger partial charge in [-0.05, 0) is 28.9 Å². The highest BCUT2D eigenvalue weighted by molar-refractivity contribution is 5.84. The van der Waals surface area contributed by atoms with Gasteiger partial charge < -0.3 is 10.3 Å². The minimum atomic E-state index is 0.156. The standard InChI is InChI=1S/C18H24N2O/c1-17(2)16(18(17,3)4)20-15(21)10-9-12-11-19-14-8-6-5-7-13(12)14/h5-8,11,16,19H,9-10H2,1-4H3,(H,20,21). The van der Waals surface area contributed by atoms with E-state index in [0.29, 0.717) is 12.5 Å².